The van der Waals surface area contributed by atoms with Crippen LogP contribution in [0.5, 0.6) is 0 Å². The Morgan fingerprint density at radius 1 is 1.29 bits per heavy atom. The molecule has 0 aliphatic heterocycles. The maximum absolute atomic E-state index is 13.6. The van der Waals surface area contributed by atoms with E-state index in [9.17, 15) is 9.50 Å². The van der Waals surface area contributed by atoms with E-state index in [1.807, 2.05) is 0 Å². The smallest absolute Gasteiger partial charge is 0.130 e. The van der Waals surface area contributed by atoms with Crippen molar-refractivity contribution in [3.05, 3.63) is 58.4 Å². The van der Waals surface area contributed by atoms with E-state index in [0.29, 0.717) is 5.69 Å². The molecule has 0 aliphatic carbocycles. The van der Waals surface area contributed by atoms with E-state index in [4.69, 9.17) is 11.6 Å². The van der Waals surface area contributed by atoms with Crippen molar-refractivity contribution in [2.75, 3.05) is 0 Å². The number of halogens is 2. The summed E-state index contributed by atoms with van der Waals surface area (Å²) in [6, 6.07) is 4.11. The van der Waals surface area contributed by atoms with Crippen molar-refractivity contribution in [2.45, 2.75) is 13.0 Å². The molecule has 1 heterocycles. The van der Waals surface area contributed by atoms with Gasteiger partial charge in [-0.25, -0.2) is 4.39 Å². The van der Waals surface area contributed by atoms with Gasteiger partial charge in [0.1, 0.15) is 11.9 Å². The maximum Gasteiger partial charge on any atom is 0.130 e. The topological polar surface area (TPSA) is 46.0 Å². The summed E-state index contributed by atoms with van der Waals surface area (Å²) >= 11 is 5.64. The van der Waals surface area contributed by atoms with Crippen LogP contribution in [0.2, 0.25) is 5.02 Å². The van der Waals surface area contributed by atoms with Crippen LogP contribution >= 0.6 is 11.6 Å². The lowest BCUT2D eigenvalue weighted by Crippen LogP contribution is -2.05. The third kappa shape index (κ3) is 2.60. The molecule has 1 N–H and O–H groups in total. The second-order valence-electron chi connectivity index (χ2n) is 3.65. The van der Waals surface area contributed by atoms with Gasteiger partial charge < -0.3 is 5.11 Å². The van der Waals surface area contributed by atoms with Crippen LogP contribution < -0.4 is 0 Å². The first-order chi connectivity index (χ1) is 8.08. The van der Waals surface area contributed by atoms with E-state index in [2.05, 4.69) is 9.97 Å². The SMILES string of the molecule is Cc1cnc(C(O)c2ccc(Cl)cc2F)cn1. The first-order valence-electron chi connectivity index (χ1n) is 4.99. The molecule has 0 bridgehead atoms. The molecule has 1 unspecified atom stereocenters. The van der Waals surface area contributed by atoms with E-state index in [0.717, 1.165) is 11.8 Å². The summed E-state index contributed by atoms with van der Waals surface area (Å²) in [5.41, 5.74) is 1.17. The van der Waals surface area contributed by atoms with E-state index < -0.39 is 11.9 Å². The molecule has 0 fully saturated rings. The van der Waals surface area contributed by atoms with Gasteiger partial charge in [-0.3, -0.25) is 9.97 Å². The van der Waals surface area contributed by atoms with Crippen molar-refractivity contribution in [1.82, 2.24) is 9.97 Å². The highest BCUT2D eigenvalue weighted by Crippen LogP contribution is 2.24. The third-order valence-electron chi connectivity index (χ3n) is 2.34. The van der Waals surface area contributed by atoms with Crippen molar-refractivity contribution in [1.29, 1.82) is 0 Å². The monoisotopic (exact) mass is 252 g/mol. The minimum atomic E-state index is -1.14. The number of aliphatic hydroxyl groups excluding tert-OH is 1. The number of aliphatic hydroxyl groups is 1. The van der Waals surface area contributed by atoms with Crippen molar-refractivity contribution in [2.24, 2.45) is 0 Å². The minimum absolute atomic E-state index is 0.132. The molecule has 17 heavy (non-hydrogen) atoms. The molecule has 2 rings (SSSR count). The Bertz CT molecular complexity index is 531. The molecule has 1 atom stereocenters. The lowest BCUT2D eigenvalue weighted by Gasteiger charge is -2.11. The Kier molecular flexibility index (Phi) is 3.36. The lowest BCUT2D eigenvalue weighted by atomic mass is 10.1. The Hall–Kier alpha value is -1.52. The number of benzene rings is 1. The van der Waals surface area contributed by atoms with Gasteiger partial charge in [-0.1, -0.05) is 17.7 Å². The van der Waals surface area contributed by atoms with Gasteiger partial charge in [-0.2, -0.15) is 0 Å². The Morgan fingerprint density at radius 3 is 2.65 bits per heavy atom. The highest BCUT2D eigenvalue weighted by molar-refractivity contribution is 6.30. The molecule has 0 aliphatic rings. The van der Waals surface area contributed by atoms with Crippen LogP contribution in [0.3, 0.4) is 0 Å². The van der Waals surface area contributed by atoms with Gasteiger partial charge in [0.2, 0.25) is 0 Å². The zero-order chi connectivity index (χ0) is 12.4. The Balaban J connectivity index is 2.36. The summed E-state index contributed by atoms with van der Waals surface area (Å²) in [4.78, 5) is 8.01. The molecule has 3 nitrogen and oxygen atoms in total. The number of nitrogens with zero attached hydrogens (tertiary/aromatic N) is 2. The largest absolute Gasteiger partial charge is 0.382 e. The van der Waals surface area contributed by atoms with Crippen LogP contribution in [-0.4, -0.2) is 15.1 Å². The molecule has 1 aromatic carbocycles. The van der Waals surface area contributed by atoms with Crippen LogP contribution in [0.4, 0.5) is 4.39 Å². The summed E-state index contributed by atoms with van der Waals surface area (Å²) in [5, 5.41) is 10.3. The van der Waals surface area contributed by atoms with Crippen LogP contribution in [0, 0.1) is 12.7 Å². The fraction of sp³-hybridized carbons (Fsp3) is 0.167. The van der Waals surface area contributed by atoms with Gasteiger partial charge in [0.05, 0.1) is 17.6 Å². The number of rotatable bonds is 2. The Morgan fingerprint density at radius 2 is 2.06 bits per heavy atom. The van der Waals surface area contributed by atoms with E-state index in [1.54, 1.807) is 6.92 Å². The molecule has 0 spiro atoms. The van der Waals surface area contributed by atoms with Crippen LogP contribution in [0.1, 0.15) is 23.1 Å². The molecule has 0 saturated heterocycles. The van der Waals surface area contributed by atoms with Crippen LogP contribution in [0.25, 0.3) is 0 Å². The van der Waals surface area contributed by atoms with E-state index >= 15 is 0 Å². The fourth-order valence-electron chi connectivity index (χ4n) is 1.43. The normalized spacial score (nSPS) is 12.5. The second kappa shape index (κ2) is 4.77. The van der Waals surface area contributed by atoms with Crippen molar-refractivity contribution >= 4 is 11.6 Å². The number of aromatic nitrogens is 2. The van der Waals surface area contributed by atoms with Crippen molar-refractivity contribution in [3.63, 3.8) is 0 Å². The third-order valence-corrected chi connectivity index (χ3v) is 2.57. The number of aryl methyl sites for hydroxylation is 1. The van der Waals surface area contributed by atoms with Crippen molar-refractivity contribution < 1.29 is 9.50 Å². The van der Waals surface area contributed by atoms with Crippen LogP contribution in [0.15, 0.2) is 30.6 Å². The molecule has 5 heteroatoms. The molecule has 0 amide bonds. The predicted molar refractivity (Wildman–Crippen MR) is 62.2 cm³/mol. The van der Waals surface area contributed by atoms with Gasteiger partial charge in [0.15, 0.2) is 0 Å². The molecule has 2 aromatic rings. The molecule has 88 valence electrons. The van der Waals surface area contributed by atoms with Gasteiger partial charge >= 0.3 is 0 Å². The molecule has 1 aromatic heterocycles. The quantitative estimate of drug-likeness (QED) is 0.894. The average molecular weight is 253 g/mol. The van der Waals surface area contributed by atoms with Gasteiger partial charge in [0, 0.05) is 16.8 Å². The minimum Gasteiger partial charge on any atom is -0.382 e. The summed E-state index contributed by atoms with van der Waals surface area (Å²) in [6.07, 6.45) is 1.81. The lowest BCUT2D eigenvalue weighted by molar-refractivity contribution is 0.209. The fourth-order valence-corrected chi connectivity index (χ4v) is 1.59. The highest BCUT2D eigenvalue weighted by atomic mass is 35.5. The van der Waals surface area contributed by atoms with Crippen molar-refractivity contribution in [3.8, 4) is 0 Å². The zero-order valence-electron chi connectivity index (χ0n) is 9.06. The standard InChI is InChI=1S/C12H10ClFN2O/c1-7-5-16-11(6-15-7)12(17)9-3-2-8(13)4-10(9)14/h2-6,12,17H,1H3. The van der Waals surface area contributed by atoms with Gasteiger partial charge in [-0.05, 0) is 19.1 Å². The zero-order valence-corrected chi connectivity index (χ0v) is 9.82. The van der Waals surface area contributed by atoms with E-state index in [1.165, 1.54) is 24.5 Å². The summed E-state index contributed by atoms with van der Waals surface area (Å²) in [5.74, 6) is -0.563. The summed E-state index contributed by atoms with van der Waals surface area (Å²) in [7, 11) is 0. The van der Waals surface area contributed by atoms with Gasteiger partial charge in [0.25, 0.3) is 0 Å². The van der Waals surface area contributed by atoms with E-state index in [-0.39, 0.29) is 10.6 Å². The van der Waals surface area contributed by atoms with Crippen LogP contribution in [-0.2, 0) is 0 Å². The summed E-state index contributed by atoms with van der Waals surface area (Å²) < 4.78 is 13.6. The second-order valence-corrected chi connectivity index (χ2v) is 4.09. The molecular formula is C12H10ClFN2O. The number of hydrogen-bond donors (Lipinski definition) is 1. The highest BCUT2D eigenvalue weighted by Gasteiger charge is 2.16. The number of hydrogen-bond acceptors (Lipinski definition) is 3. The molecular weight excluding hydrogens is 243 g/mol. The summed E-state index contributed by atoms with van der Waals surface area (Å²) in [6.45, 7) is 1.78. The first kappa shape index (κ1) is 12.0. The Labute approximate surface area is 103 Å². The molecule has 0 saturated carbocycles. The van der Waals surface area contributed by atoms with Gasteiger partial charge in [-0.15, -0.1) is 0 Å². The average Bonchev–Trinajstić information content (AvgIpc) is 2.29. The molecule has 0 radical (unpaired) electrons. The maximum atomic E-state index is 13.6. The predicted octanol–water partition coefficient (Wildman–Crippen LogP) is 2.66. The first-order valence-corrected chi connectivity index (χ1v) is 5.37.